The molecule has 2 aliphatic heterocycles. The Morgan fingerprint density at radius 1 is 1.21 bits per heavy atom. The van der Waals surface area contributed by atoms with Crippen LogP contribution in [-0.2, 0) is 14.9 Å². The van der Waals surface area contributed by atoms with Crippen LogP contribution in [0.2, 0.25) is 0 Å². The van der Waals surface area contributed by atoms with Crippen LogP contribution in [-0.4, -0.2) is 47.1 Å². The number of anilines is 4. The second-order valence-electron chi connectivity index (χ2n) is 10.6. The molecular formula is C27H33N7O4. The van der Waals surface area contributed by atoms with E-state index in [1.54, 1.807) is 0 Å². The van der Waals surface area contributed by atoms with E-state index in [0.29, 0.717) is 31.1 Å². The van der Waals surface area contributed by atoms with Crippen molar-refractivity contribution in [1.29, 1.82) is 0 Å². The molecule has 11 nitrogen and oxygen atoms in total. The number of piperidine rings is 1. The van der Waals surface area contributed by atoms with Gasteiger partial charge in [-0.3, -0.25) is 9.59 Å². The molecule has 38 heavy (non-hydrogen) atoms. The first-order chi connectivity index (χ1) is 18.1. The van der Waals surface area contributed by atoms with Crippen molar-refractivity contribution >= 4 is 46.6 Å². The zero-order valence-corrected chi connectivity index (χ0v) is 21.7. The molecule has 3 aliphatic rings. The molecule has 2 aromatic rings. The number of carbonyl (C=O) groups excluding carboxylic acids is 3. The zero-order valence-electron chi connectivity index (χ0n) is 21.7. The Morgan fingerprint density at radius 2 is 2.03 bits per heavy atom. The maximum Gasteiger partial charge on any atom is 0.404 e. The van der Waals surface area contributed by atoms with Crippen molar-refractivity contribution in [2.45, 2.75) is 63.9 Å². The molecule has 1 atom stereocenters. The van der Waals surface area contributed by atoms with Gasteiger partial charge in [0.05, 0.1) is 17.6 Å². The number of rotatable bonds is 6. The summed E-state index contributed by atoms with van der Waals surface area (Å²) in [5, 5.41) is 6.37. The molecular weight excluding hydrogens is 486 g/mol. The number of nitrogens with zero attached hydrogens (tertiary/aromatic N) is 3. The lowest BCUT2D eigenvalue weighted by Gasteiger charge is -2.32. The highest BCUT2D eigenvalue weighted by Crippen LogP contribution is 2.45. The van der Waals surface area contributed by atoms with Crippen molar-refractivity contribution in [3.63, 3.8) is 0 Å². The molecule has 5 rings (SSSR count). The molecule has 1 unspecified atom stereocenters. The maximum absolute atomic E-state index is 12.8. The molecule has 0 saturated carbocycles. The lowest BCUT2D eigenvalue weighted by atomic mass is 9.83. The van der Waals surface area contributed by atoms with Gasteiger partial charge in [0, 0.05) is 24.0 Å². The second kappa shape index (κ2) is 9.96. The van der Waals surface area contributed by atoms with Gasteiger partial charge in [-0.1, -0.05) is 6.08 Å². The van der Waals surface area contributed by atoms with Gasteiger partial charge in [0.1, 0.15) is 17.5 Å². The average molecular weight is 520 g/mol. The molecule has 1 saturated heterocycles. The standard InChI is InChI=1S/C27H33N7O4/c1-27(2)20-12-16(11-18(21(20)32-24(27)36)15-7-4-3-5-8-15)31-23-19(22(28)35)13-30-26(33-23)34-10-6-9-17(14-34)38-25(29)37/h7,11-13,17H,3-6,8-10,14H2,1-2H3,(H2,28,35)(H2,29,37)(H,32,36)(H,30,31,33). The molecule has 6 N–H and O–H groups in total. The van der Waals surface area contributed by atoms with Crippen LogP contribution in [0.25, 0.3) is 5.57 Å². The highest BCUT2D eigenvalue weighted by molar-refractivity contribution is 6.09. The Hall–Kier alpha value is -4.15. The van der Waals surface area contributed by atoms with E-state index in [1.165, 1.54) is 11.8 Å². The normalized spacial score (nSPS) is 20.3. The number of allylic oxidation sites excluding steroid dienone is 2. The summed E-state index contributed by atoms with van der Waals surface area (Å²) in [6, 6.07) is 3.91. The first-order valence-electron chi connectivity index (χ1n) is 13.0. The third kappa shape index (κ3) is 4.88. The van der Waals surface area contributed by atoms with Crippen LogP contribution in [0.4, 0.5) is 27.9 Å². The predicted octanol–water partition coefficient (Wildman–Crippen LogP) is 3.57. The van der Waals surface area contributed by atoms with Crippen LogP contribution in [0, 0.1) is 0 Å². The van der Waals surface area contributed by atoms with Crippen LogP contribution in [0.1, 0.15) is 73.9 Å². The molecule has 1 fully saturated rings. The summed E-state index contributed by atoms with van der Waals surface area (Å²) in [6.07, 6.45) is 8.07. The van der Waals surface area contributed by atoms with Gasteiger partial charge in [0.25, 0.3) is 5.91 Å². The number of carbonyl (C=O) groups is 3. The molecule has 3 heterocycles. The van der Waals surface area contributed by atoms with Crippen molar-refractivity contribution in [1.82, 2.24) is 9.97 Å². The Bertz CT molecular complexity index is 1340. The van der Waals surface area contributed by atoms with E-state index in [1.807, 2.05) is 30.9 Å². The van der Waals surface area contributed by atoms with E-state index >= 15 is 0 Å². The van der Waals surface area contributed by atoms with Crippen LogP contribution < -0.4 is 27.0 Å². The van der Waals surface area contributed by atoms with Gasteiger partial charge in [-0.15, -0.1) is 0 Å². The third-order valence-electron chi connectivity index (χ3n) is 7.50. The lowest BCUT2D eigenvalue weighted by Crippen LogP contribution is -2.42. The molecule has 1 aromatic carbocycles. The third-order valence-corrected chi connectivity index (χ3v) is 7.50. The first kappa shape index (κ1) is 25.5. The first-order valence-corrected chi connectivity index (χ1v) is 13.0. The number of fused-ring (bicyclic) bond motifs is 1. The maximum atomic E-state index is 12.8. The fourth-order valence-corrected chi connectivity index (χ4v) is 5.39. The molecule has 11 heteroatoms. The topological polar surface area (TPSA) is 166 Å². The molecule has 200 valence electrons. The molecule has 1 aromatic heterocycles. The van der Waals surface area contributed by atoms with Crippen LogP contribution in [0.3, 0.4) is 0 Å². The smallest absolute Gasteiger partial charge is 0.404 e. The Kier molecular flexibility index (Phi) is 6.68. The zero-order chi connectivity index (χ0) is 27.0. The number of amides is 3. The molecule has 0 bridgehead atoms. The summed E-state index contributed by atoms with van der Waals surface area (Å²) in [5.41, 5.74) is 14.9. The van der Waals surface area contributed by atoms with E-state index < -0.39 is 17.4 Å². The number of nitrogens with two attached hydrogens (primary N) is 2. The minimum atomic E-state index is -0.819. The summed E-state index contributed by atoms with van der Waals surface area (Å²) in [7, 11) is 0. The van der Waals surface area contributed by atoms with Crippen LogP contribution in [0.15, 0.2) is 24.4 Å². The van der Waals surface area contributed by atoms with Gasteiger partial charge >= 0.3 is 6.09 Å². The number of primary amides is 2. The molecule has 1 aliphatic carbocycles. The SMILES string of the molecule is CC1(C)C(=O)Nc2c(C3=CCCCC3)cc(Nc3nc(N4CCCC(OC(N)=O)C4)ncc3C(N)=O)cc21. The van der Waals surface area contributed by atoms with Crippen molar-refractivity contribution in [3.05, 3.63) is 41.1 Å². The number of nitrogens with one attached hydrogen (secondary N) is 2. The Labute approximate surface area is 221 Å². The summed E-state index contributed by atoms with van der Waals surface area (Å²) < 4.78 is 5.19. The second-order valence-corrected chi connectivity index (χ2v) is 10.6. The summed E-state index contributed by atoms with van der Waals surface area (Å²) in [5.74, 6) is -0.0775. The van der Waals surface area contributed by atoms with Crippen molar-refractivity contribution in [2.75, 3.05) is 28.6 Å². The quantitative estimate of drug-likeness (QED) is 0.449. The van der Waals surface area contributed by atoms with Gasteiger partial charge in [-0.2, -0.15) is 4.98 Å². The van der Waals surface area contributed by atoms with Gasteiger partial charge < -0.3 is 31.7 Å². The number of hydrogen-bond acceptors (Lipinski definition) is 8. The van der Waals surface area contributed by atoms with Crippen LogP contribution >= 0.6 is 0 Å². The lowest BCUT2D eigenvalue weighted by molar-refractivity contribution is -0.119. The van der Waals surface area contributed by atoms with E-state index in [-0.39, 0.29) is 23.4 Å². The minimum Gasteiger partial charge on any atom is -0.445 e. The number of benzene rings is 1. The fraction of sp³-hybridized carbons (Fsp3) is 0.444. The number of aromatic nitrogens is 2. The number of ether oxygens (including phenoxy) is 1. The van der Waals surface area contributed by atoms with Gasteiger partial charge in [-0.05, 0) is 75.6 Å². The highest BCUT2D eigenvalue weighted by Gasteiger charge is 2.40. The van der Waals surface area contributed by atoms with Crippen molar-refractivity contribution in [2.24, 2.45) is 11.5 Å². The van der Waals surface area contributed by atoms with Gasteiger partial charge in [0.2, 0.25) is 11.9 Å². The Morgan fingerprint density at radius 3 is 2.74 bits per heavy atom. The highest BCUT2D eigenvalue weighted by atomic mass is 16.6. The van der Waals surface area contributed by atoms with E-state index in [2.05, 4.69) is 26.7 Å². The van der Waals surface area contributed by atoms with E-state index in [9.17, 15) is 14.4 Å². The van der Waals surface area contributed by atoms with Crippen molar-refractivity contribution in [3.8, 4) is 0 Å². The van der Waals surface area contributed by atoms with E-state index in [4.69, 9.17) is 16.2 Å². The average Bonchev–Trinajstić information content (AvgIpc) is 3.12. The van der Waals surface area contributed by atoms with Gasteiger partial charge in [-0.25, -0.2) is 9.78 Å². The van der Waals surface area contributed by atoms with E-state index in [0.717, 1.165) is 48.9 Å². The monoisotopic (exact) mass is 519 g/mol. The molecule has 3 amide bonds. The molecule has 0 radical (unpaired) electrons. The molecule has 0 spiro atoms. The van der Waals surface area contributed by atoms with Gasteiger partial charge in [0.15, 0.2) is 0 Å². The van der Waals surface area contributed by atoms with Crippen molar-refractivity contribution < 1.29 is 19.1 Å². The predicted molar refractivity (Wildman–Crippen MR) is 144 cm³/mol. The Balaban J connectivity index is 1.53. The van der Waals surface area contributed by atoms with Crippen LogP contribution in [0.5, 0.6) is 0 Å². The minimum absolute atomic E-state index is 0.0534. The fourth-order valence-electron chi connectivity index (χ4n) is 5.39. The largest absolute Gasteiger partial charge is 0.445 e. The summed E-state index contributed by atoms with van der Waals surface area (Å²) in [4.78, 5) is 47.2. The summed E-state index contributed by atoms with van der Waals surface area (Å²) in [6.45, 7) is 4.84. The number of hydrogen-bond donors (Lipinski definition) is 4. The summed E-state index contributed by atoms with van der Waals surface area (Å²) >= 11 is 0.